The van der Waals surface area contributed by atoms with E-state index in [1.54, 1.807) is 7.11 Å². The summed E-state index contributed by atoms with van der Waals surface area (Å²) in [6, 6.07) is 0. The minimum atomic E-state index is -1.60. The topological polar surface area (TPSA) is 35.5 Å². The summed E-state index contributed by atoms with van der Waals surface area (Å²) < 4.78 is 8.80. The highest BCUT2D eigenvalue weighted by Crippen LogP contribution is 2.39. The lowest BCUT2D eigenvalue weighted by Crippen LogP contribution is -2.48. The molecule has 2 atom stereocenters. The lowest BCUT2D eigenvalue weighted by atomic mass is 9.83. The summed E-state index contributed by atoms with van der Waals surface area (Å²) in [5.74, 6) is -0.649. The summed E-state index contributed by atoms with van der Waals surface area (Å²) in [4.78, 5) is 11.5. The van der Waals surface area contributed by atoms with Crippen molar-refractivity contribution < 1.29 is 14.3 Å². The van der Waals surface area contributed by atoms with E-state index in [1.165, 1.54) is 0 Å². The van der Waals surface area contributed by atoms with E-state index in [0.717, 1.165) is 0 Å². The lowest BCUT2D eigenvalue weighted by Gasteiger charge is -2.39. The van der Waals surface area contributed by atoms with Crippen LogP contribution >= 0.6 is 34.8 Å². The van der Waals surface area contributed by atoms with Crippen LogP contribution in [-0.4, -0.2) is 35.5 Å². The van der Waals surface area contributed by atoms with Crippen molar-refractivity contribution in [2.75, 3.05) is 13.7 Å². The minimum Gasteiger partial charge on any atom is -0.463 e. The molecule has 0 N–H and O–H groups in total. The highest BCUT2D eigenvalue weighted by Gasteiger charge is 2.47. The maximum Gasteiger partial charge on any atom is 0.342 e. The first kappa shape index (κ1) is 14.4. The van der Waals surface area contributed by atoms with Crippen LogP contribution in [0, 0.1) is 5.41 Å². The zero-order valence-corrected chi connectivity index (χ0v) is 11.7. The van der Waals surface area contributed by atoms with Crippen molar-refractivity contribution in [2.45, 2.75) is 36.1 Å². The first-order chi connectivity index (χ1) is 7.20. The van der Waals surface area contributed by atoms with Gasteiger partial charge in [-0.15, -0.1) is 11.6 Å². The summed E-state index contributed by atoms with van der Waals surface area (Å²) in [6.45, 7) is 4.01. The van der Waals surface area contributed by atoms with Gasteiger partial charge in [0, 0.05) is 18.9 Å². The van der Waals surface area contributed by atoms with Crippen LogP contribution in [0.15, 0.2) is 0 Å². The van der Waals surface area contributed by atoms with E-state index in [9.17, 15) is 4.79 Å². The van der Waals surface area contributed by atoms with Gasteiger partial charge in [0.2, 0.25) is 4.33 Å². The van der Waals surface area contributed by atoms with Crippen molar-refractivity contribution in [1.29, 1.82) is 0 Å². The fourth-order valence-electron chi connectivity index (χ4n) is 1.83. The van der Waals surface area contributed by atoms with Gasteiger partial charge in [-0.25, -0.2) is 4.79 Å². The van der Waals surface area contributed by atoms with Gasteiger partial charge in [-0.3, -0.25) is 0 Å². The van der Waals surface area contributed by atoms with Crippen LogP contribution in [0.4, 0.5) is 0 Å². The molecule has 16 heavy (non-hydrogen) atoms. The maximum absolute atomic E-state index is 11.5. The van der Waals surface area contributed by atoms with Gasteiger partial charge in [0.15, 0.2) is 0 Å². The molecular weight excluding hydrogens is 274 g/mol. The number of cyclic esters (lactones) is 1. The molecule has 0 amide bonds. The molecule has 1 heterocycles. The Balaban J connectivity index is 2.95. The van der Waals surface area contributed by atoms with Crippen LogP contribution in [0.25, 0.3) is 0 Å². The molecule has 0 bridgehead atoms. The number of carbonyl (C=O) groups excluding carboxylic acids is 1. The minimum absolute atomic E-state index is 0.0957. The third-order valence-electron chi connectivity index (χ3n) is 2.68. The van der Waals surface area contributed by atoms with E-state index in [4.69, 9.17) is 44.3 Å². The maximum atomic E-state index is 11.5. The van der Waals surface area contributed by atoms with Gasteiger partial charge in [0.1, 0.15) is 0 Å². The van der Waals surface area contributed by atoms with Gasteiger partial charge in [-0.1, -0.05) is 37.0 Å². The molecule has 0 radical (unpaired) electrons. The predicted octanol–water partition coefficient (Wildman–Crippen LogP) is 2.76. The predicted molar refractivity (Wildman–Crippen MR) is 64.2 cm³/mol. The lowest BCUT2D eigenvalue weighted by molar-refractivity contribution is -0.154. The second-order valence-corrected chi connectivity index (χ2v) is 6.69. The zero-order chi connectivity index (χ0) is 12.6. The van der Waals surface area contributed by atoms with Crippen LogP contribution in [0.1, 0.15) is 20.3 Å². The molecule has 3 nitrogen and oxygen atoms in total. The SMILES string of the molecule is CO[C@@H]1[C@H](Cl)CC(Cl)(Cl)C(=O)OCC1(C)C. The summed E-state index contributed by atoms with van der Waals surface area (Å²) in [5, 5.41) is -0.442. The fraction of sp³-hybridized carbons (Fsp3) is 0.900. The molecule has 1 aliphatic heterocycles. The van der Waals surface area contributed by atoms with Gasteiger partial charge in [0.05, 0.1) is 18.1 Å². The Labute approximate surface area is 110 Å². The van der Waals surface area contributed by atoms with Crippen molar-refractivity contribution in [3.05, 3.63) is 0 Å². The van der Waals surface area contributed by atoms with Gasteiger partial charge < -0.3 is 9.47 Å². The number of halogens is 3. The third-order valence-corrected chi connectivity index (χ3v) is 3.68. The zero-order valence-electron chi connectivity index (χ0n) is 9.43. The second kappa shape index (κ2) is 4.89. The molecule has 0 spiro atoms. The van der Waals surface area contributed by atoms with Gasteiger partial charge in [0.25, 0.3) is 0 Å². The first-order valence-electron chi connectivity index (χ1n) is 4.92. The Hall–Kier alpha value is 0.300. The van der Waals surface area contributed by atoms with Gasteiger partial charge >= 0.3 is 5.97 Å². The summed E-state index contributed by atoms with van der Waals surface area (Å²) in [6.07, 6.45) is -0.183. The molecule has 0 aliphatic carbocycles. The highest BCUT2D eigenvalue weighted by atomic mass is 35.5. The first-order valence-corrected chi connectivity index (χ1v) is 6.12. The standard InChI is InChI=1S/C10H15Cl3O3/c1-9(2)5-16-8(14)10(12,13)4-6(11)7(9)15-3/h6-7H,4-5H2,1-3H3/t6-,7-/m1/s1. The van der Waals surface area contributed by atoms with Crippen molar-refractivity contribution in [2.24, 2.45) is 5.41 Å². The molecule has 1 aliphatic rings. The molecular formula is C10H15Cl3O3. The number of alkyl halides is 3. The molecule has 0 aromatic rings. The molecule has 1 saturated heterocycles. The Bertz CT molecular complexity index is 278. The van der Waals surface area contributed by atoms with E-state index in [-0.39, 0.29) is 24.5 Å². The molecule has 0 unspecified atom stereocenters. The Morgan fingerprint density at radius 2 is 2.00 bits per heavy atom. The van der Waals surface area contributed by atoms with Crippen LogP contribution in [-0.2, 0) is 14.3 Å². The molecule has 1 fully saturated rings. The van der Waals surface area contributed by atoms with Crippen LogP contribution in [0.3, 0.4) is 0 Å². The van der Waals surface area contributed by atoms with Crippen molar-refractivity contribution in [3.8, 4) is 0 Å². The number of methoxy groups -OCH3 is 1. The van der Waals surface area contributed by atoms with Crippen molar-refractivity contribution in [3.63, 3.8) is 0 Å². The Kier molecular flexibility index (Phi) is 4.39. The summed E-state index contributed by atoms with van der Waals surface area (Å²) in [7, 11) is 1.56. The number of carbonyl (C=O) groups is 1. The van der Waals surface area contributed by atoms with Crippen LogP contribution in [0.5, 0.6) is 0 Å². The van der Waals surface area contributed by atoms with Gasteiger partial charge in [-0.2, -0.15) is 0 Å². The second-order valence-electron chi connectivity index (χ2n) is 4.65. The number of hydrogen-bond donors (Lipinski definition) is 0. The third kappa shape index (κ3) is 2.95. The smallest absolute Gasteiger partial charge is 0.342 e. The monoisotopic (exact) mass is 288 g/mol. The average molecular weight is 290 g/mol. The number of rotatable bonds is 1. The van der Waals surface area contributed by atoms with E-state index in [2.05, 4.69) is 0 Å². The fourth-order valence-corrected chi connectivity index (χ4v) is 3.11. The van der Waals surface area contributed by atoms with E-state index >= 15 is 0 Å². The number of ether oxygens (including phenoxy) is 2. The quantitative estimate of drug-likeness (QED) is 0.550. The van der Waals surface area contributed by atoms with Crippen LogP contribution < -0.4 is 0 Å². The molecule has 6 heteroatoms. The van der Waals surface area contributed by atoms with E-state index < -0.39 is 15.7 Å². The van der Waals surface area contributed by atoms with Crippen molar-refractivity contribution >= 4 is 40.8 Å². The molecule has 0 aromatic carbocycles. The number of hydrogen-bond acceptors (Lipinski definition) is 3. The normalized spacial score (nSPS) is 33.8. The molecule has 1 rings (SSSR count). The Morgan fingerprint density at radius 1 is 1.44 bits per heavy atom. The molecule has 0 saturated carbocycles. The Morgan fingerprint density at radius 3 is 2.50 bits per heavy atom. The summed E-state index contributed by atoms with van der Waals surface area (Å²) >= 11 is 17.9. The van der Waals surface area contributed by atoms with Gasteiger partial charge in [-0.05, 0) is 0 Å². The number of esters is 1. The van der Waals surface area contributed by atoms with E-state index in [0.29, 0.717) is 0 Å². The molecule has 0 aromatic heterocycles. The van der Waals surface area contributed by atoms with E-state index in [1.807, 2.05) is 13.8 Å². The van der Waals surface area contributed by atoms with Crippen molar-refractivity contribution in [1.82, 2.24) is 0 Å². The molecule has 94 valence electrons. The summed E-state index contributed by atoms with van der Waals surface area (Å²) in [5.41, 5.74) is -0.374. The van der Waals surface area contributed by atoms with Crippen LogP contribution in [0.2, 0.25) is 0 Å². The highest BCUT2D eigenvalue weighted by molar-refractivity contribution is 6.57. The average Bonchev–Trinajstić information content (AvgIpc) is 2.12. The largest absolute Gasteiger partial charge is 0.463 e.